The monoisotopic (exact) mass is 282 g/mol. The van der Waals surface area contributed by atoms with E-state index in [0.29, 0.717) is 16.9 Å². The first kappa shape index (κ1) is 14.4. The van der Waals surface area contributed by atoms with Crippen LogP contribution in [0.25, 0.3) is 0 Å². The Labute approximate surface area is 122 Å². The molecule has 2 rings (SSSR count). The van der Waals surface area contributed by atoms with Crippen LogP contribution in [0.2, 0.25) is 0 Å². The number of carbonyl (C=O) groups is 1. The molecule has 2 aromatic carbocycles. The lowest BCUT2D eigenvalue weighted by Crippen LogP contribution is -2.10. The number of hydrogen-bond donors (Lipinski definition) is 1. The SMILES string of the molecule is COc1cccc(N)c1C(=O)OCc1ccccc1C#N. The number of nitrogens with two attached hydrogens (primary N) is 1. The van der Waals surface area contributed by atoms with Crippen molar-refractivity contribution in [1.82, 2.24) is 0 Å². The van der Waals surface area contributed by atoms with Gasteiger partial charge in [0, 0.05) is 11.3 Å². The zero-order valence-corrected chi connectivity index (χ0v) is 11.5. The lowest BCUT2D eigenvalue weighted by atomic mass is 10.1. The third kappa shape index (κ3) is 3.12. The van der Waals surface area contributed by atoms with Crippen LogP contribution in [0.15, 0.2) is 42.5 Å². The van der Waals surface area contributed by atoms with E-state index in [9.17, 15) is 4.79 Å². The summed E-state index contributed by atoms with van der Waals surface area (Å²) in [5.74, 6) is -0.230. The molecule has 0 unspecified atom stereocenters. The molecule has 0 heterocycles. The number of rotatable bonds is 4. The van der Waals surface area contributed by atoms with Crippen LogP contribution in [-0.2, 0) is 11.3 Å². The summed E-state index contributed by atoms with van der Waals surface area (Å²) in [6, 6.07) is 13.9. The zero-order chi connectivity index (χ0) is 15.2. The number of anilines is 1. The Bertz CT molecular complexity index is 705. The third-order valence-electron chi connectivity index (χ3n) is 2.98. The molecule has 0 aliphatic rings. The number of nitriles is 1. The summed E-state index contributed by atoms with van der Waals surface area (Å²) < 4.78 is 10.3. The van der Waals surface area contributed by atoms with Crippen molar-refractivity contribution in [3.63, 3.8) is 0 Å². The molecule has 5 heteroatoms. The van der Waals surface area contributed by atoms with Crippen molar-refractivity contribution in [3.8, 4) is 11.8 Å². The van der Waals surface area contributed by atoms with Gasteiger partial charge in [-0.15, -0.1) is 0 Å². The minimum Gasteiger partial charge on any atom is -0.496 e. The molecule has 0 bridgehead atoms. The van der Waals surface area contributed by atoms with Gasteiger partial charge in [0.1, 0.15) is 17.9 Å². The van der Waals surface area contributed by atoms with Crippen molar-refractivity contribution in [2.75, 3.05) is 12.8 Å². The van der Waals surface area contributed by atoms with Gasteiger partial charge >= 0.3 is 5.97 Å². The molecule has 0 radical (unpaired) electrons. The number of benzene rings is 2. The predicted molar refractivity (Wildman–Crippen MR) is 77.7 cm³/mol. The average molecular weight is 282 g/mol. The topological polar surface area (TPSA) is 85.3 Å². The number of esters is 1. The normalized spacial score (nSPS) is 9.71. The van der Waals surface area contributed by atoms with Gasteiger partial charge in [-0.2, -0.15) is 5.26 Å². The highest BCUT2D eigenvalue weighted by Gasteiger charge is 2.17. The van der Waals surface area contributed by atoms with Gasteiger partial charge in [-0.25, -0.2) is 4.79 Å². The second kappa shape index (κ2) is 6.44. The Morgan fingerprint density at radius 2 is 2.00 bits per heavy atom. The van der Waals surface area contributed by atoms with Crippen molar-refractivity contribution in [2.24, 2.45) is 0 Å². The summed E-state index contributed by atoms with van der Waals surface area (Å²) in [7, 11) is 1.45. The Balaban J connectivity index is 2.18. The van der Waals surface area contributed by atoms with Crippen molar-refractivity contribution in [3.05, 3.63) is 59.2 Å². The highest BCUT2D eigenvalue weighted by atomic mass is 16.5. The highest BCUT2D eigenvalue weighted by molar-refractivity contribution is 5.98. The molecule has 2 aromatic rings. The molecular weight excluding hydrogens is 268 g/mol. The maximum atomic E-state index is 12.2. The minimum atomic E-state index is -0.585. The van der Waals surface area contributed by atoms with Gasteiger partial charge in [0.05, 0.1) is 18.7 Å². The van der Waals surface area contributed by atoms with E-state index in [1.165, 1.54) is 7.11 Å². The molecule has 0 saturated carbocycles. The summed E-state index contributed by atoms with van der Waals surface area (Å²) in [4.78, 5) is 12.2. The van der Waals surface area contributed by atoms with Gasteiger partial charge in [-0.3, -0.25) is 0 Å². The first-order valence-corrected chi connectivity index (χ1v) is 6.25. The molecule has 21 heavy (non-hydrogen) atoms. The van der Waals surface area contributed by atoms with Gasteiger partial charge in [0.15, 0.2) is 0 Å². The van der Waals surface area contributed by atoms with E-state index in [-0.39, 0.29) is 17.9 Å². The Morgan fingerprint density at radius 1 is 1.24 bits per heavy atom. The van der Waals surface area contributed by atoms with E-state index in [4.69, 9.17) is 20.5 Å². The lowest BCUT2D eigenvalue weighted by Gasteiger charge is -2.11. The standard InChI is InChI=1S/C16H14N2O3/c1-20-14-8-4-7-13(18)15(14)16(19)21-10-12-6-3-2-5-11(12)9-17/h2-8H,10,18H2,1H3. The number of methoxy groups -OCH3 is 1. The zero-order valence-electron chi connectivity index (χ0n) is 11.5. The molecular formula is C16H14N2O3. The van der Waals surface area contributed by atoms with Crippen molar-refractivity contribution < 1.29 is 14.3 Å². The van der Waals surface area contributed by atoms with Crippen LogP contribution in [0.4, 0.5) is 5.69 Å². The fraction of sp³-hybridized carbons (Fsp3) is 0.125. The number of carbonyl (C=O) groups excluding carboxylic acids is 1. The van der Waals surface area contributed by atoms with Crippen molar-refractivity contribution >= 4 is 11.7 Å². The fourth-order valence-electron chi connectivity index (χ4n) is 1.91. The van der Waals surface area contributed by atoms with Crippen molar-refractivity contribution in [1.29, 1.82) is 5.26 Å². The van der Waals surface area contributed by atoms with E-state index in [1.54, 1.807) is 42.5 Å². The van der Waals surface area contributed by atoms with Crippen LogP contribution >= 0.6 is 0 Å². The van der Waals surface area contributed by atoms with Crippen molar-refractivity contribution in [2.45, 2.75) is 6.61 Å². The molecule has 5 nitrogen and oxygen atoms in total. The summed E-state index contributed by atoms with van der Waals surface area (Å²) in [5, 5.41) is 9.00. The van der Waals surface area contributed by atoms with Crippen LogP contribution in [0.1, 0.15) is 21.5 Å². The van der Waals surface area contributed by atoms with E-state index < -0.39 is 5.97 Å². The van der Waals surface area contributed by atoms with Gasteiger partial charge in [-0.1, -0.05) is 24.3 Å². The predicted octanol–water partition coefficient (Wildman–Crippen LogP) is 2.51. The molecule has 0 fully saturated rings. The van der Waals surface area contributed by atoms with Gasteiger partial charge in [0.25, 0.3) is 0 Å². The first-order chi connectivity index (χ1) is 10.2. The average Bonchev–Trinajstić information content (AvgIpc) is 2.52. The van der Waals surface area contributed by atoms with E-state index >= 15 is 0 Å². The Morgan fingerprint density at radius 3 is 2.71 bits per heavy atom. The lowest BCUT2D eigenvalue weighted by molar-refractivity contribution is 0.0470. The maximum absolute atomic E-state index is 12.2. The molecule has 0 aromatic heterocycles. The number of nitrogen functional groups attached to an aromatic ring is 1. The summed E-state index contributed by atoms with van der Waals surface area (Å²) in [6.07, 6.45) is 0. The fourth-order valence-corrected chi connectivity index (χ4v) is 1.91. The molecule has 2 N–H and O–H groups in total. The van der Waals surface area contributed by atoms with Gasteiger partial charge in [0.2, 0.25) is 0 Å². The minimum absolute atomic E-state index is 0.0000548. The molecule has 0 aliphatic heterocycles. The van der Waals surface area contributed by atoms with Gasteiger partial charge < -0.3 is 15.2 Å². The maximum Gasteiger partial charge on any atom is 0.344 e. The van der Waals surface area contributed by atoms with Gasteiger partial charge in [-0.05, 0) is 18.2 Å². The van der Waals surface area contributed by atoms with Crippen LogP contribution < -0.4 is 10.5 Å². The number of hydrogen-bond acceptors (Lipinski definition) is 5. The van der Waals surface area contributed by atoms with E-state index in [1.807, 2.05) is 0 Å². The largest absolute Gasteiger partial charge is 0.496 e. The number of ether oxygens (including phenoxy) is 2. The van der Waals surface area contributed by atoms with E-state index in [0.717, 1.165) is 0 Å². The molecule has 0 amide bonds. The smallest absolute Gasteiger partial charge is 0.344 e. The Hall–Kier alpha value is -3.00. The molecule has 0 spiro atoms. The highest BCUT2D eigenvalue weighted by Crippen LogP contribution is 2.25. The quantitative estimate of drug-likeness (QED) is 0.688. The molecule has 106 valence electrons. The summed E-state index contributed by atoms with van der Waals surface area (Å²) in [5.41, 5.74) is 7.38. The molecule has 0 atom stereocenters. The third-order valence-corrected chi connectivity index (χ3v) is 2.98. The Kier molecular flexibility index (Phi) is 4.42. The second-order valence-corrected chi connectivity index (χ2v) is 4.27. The summed E-state index contributed by atoms with van der Waals surface area (Å²) in [6.45, 7) is 0.0000548. The second-order valence-electron chi connectivity index (χ2n) is 4.27. The van der Waals surface area contributed by atoms with Crippen LogP contribution in [-0.4, -0.2) is 13.1 Å². The number of nitrogens with zero attached hydrogens (tertiary/aromatic N) is 1. The first-order valence-electron chi connectivity index (χ1n) is 6.25. The van der Waals surface area contributed by atoms with Crippen LogP contribution in [0.3, 0.4) is 0 Å². The van der Waals surface area contributed by atoms with Crippen LogP contribution in [0, 0.1) is 11.3 Å². The van der Waals surface area contributed by atoms with E-state index in [2.05, 4.69) is 6.07 Å². The van der Waals surface area contributed by atoms with Crippen LogP contribution in [0.5, 0.6) is 5.75 Å². The molecule has 0 aliphatic carbocycles. The summed E-state index contributed by atoms with van der Waals surface area (Å²) >= 11 is 0. The molecule has 0 saturated heterocycles.